The van der Waals surface area contributed by atoms with E-state index in [0.717, 1.165) is 12.8 Å². The number of piperidine rings is 1. The molecule has 1 atom stereocenters. The number of halogens is 2. The number of likely N-dealkylation sites (tertiary alicyclic amines) is 1. The van der Waals surface area contributed by atoms with E-state index in [1.54, 1.807) is 6.07 Å². The molecule has 1 aromatic carbocycles. The normalized spacial score (nSPS) is 18.8. The molecule has 2 rings (SSSR count). The molecule has 1 aliphatic rings. The highest BCUT2D eigenvalue weighted by atomic mass is 35.5. The summed E-state index contributed by atoms with van der Waals surface area (Å²) in [7, 11) is 0. The van der Waals surface area contributed by atoms with Crippen molar-refractivity contribution in [1.82, 2.24) is 4.90 Å². The van der Waals surface area contributed by atoms with Gasteiger partial charge in [0.05, 0.1) is 22.7 Å². The lowest BCUT2D eigenvalue weighted by atomic mass is 10.0. The SMILES string of the molecule is N#C[C@@H]1CCCN(C(=O)Nc2cccc(Cl)c2F)C1. The number of rotatable bonds is 1. The zero-order valence-electron chi connectivity index (χ0n) is 10.2. The van der Waals surface area contributed by atoms with Crippen molar-refractivity contribution in [1.29, 1.82) is 5.26 Å². The van der Waals surface area contributed by atoms with Crippen LogP contribution < -0.4 is 5.32 Å². The first-order valence-electron chi connectivity index (χ1n) is 6.01. The Kier molecular flexibility index (Phi) is 4.23. The molecule has 1 N–H and O–H groups in total. The Hall–Kier alpha value is -1.80. The standard InChI is InChI=1S/C13H13ClFN3O/c14-10-4-1-5-11(12(10)15)17-13(19)18-6-2-3-9(7-16)8-18/h1,4-5,9H,2-3,6,8H2,(H,17,19)/t9-/m0/s1. The van der Waals surface area contributed by atoms with Gasteiger partial charge in [-0.15, -0.1) is 0 Å². The molecule has 4 nitrogen and oxygen atoms in total. The average molecular weight is 282 g/mol. The Labute approximate surface area is 115 Å². The summed E-state index contributed by atoms with van der Waals surface area (Å²) in [6.45, 7) is 0.955. The number of hydrogen-bond donors (Lipinski definition) is 1. The molecule has 6 heteroatoms. The Morgan fingerprint density at radius 3 is 3.11 bits per heavy atom. The molecule has 0 saturated carbocycles. The van der Waals surface area contributed by atoms with E-state index in [-0.39, 0.29) is 16.6 Å². The second kappa shape index (κ2) is 5.89. The van der Waals surface area contributed by atoms with E-state index >= 15 is 0 Å². The third kappa shape index (κ3) is 3.15. The number of nitriles is 1. The van der Waals surface area contributed by atoms with Gasteiger partial charge in [-0.2, -0.15) is 5.26 Å². The highest BCUT2D eigenvalue weighted by Crippen LogP contribution is 2.23. The molecule has 0 aromatic heterocycles. The Morgan fingerprint density at radius 2 is 2.37 bits per heavy atom. The molecule has 1 saturated heterocycles. The molecule has 19 heavy (non-hydrogen) atoms. The topological polar surface area (TPSA) is 56.1 Å². The van der Waals surface area contributed by atoms with Crippen LogP contribution in [-0.4, -0.2) is 24.0 Å². The molecule has 1 aromatic rings. The van der Waals surface area contributed by atoms with E-state index < -0.39 is 11.8 Å². The van der Waals surface area contributed by atoms with Gasteiger partial charge in [-0.3, -0.25) is 0 Å². The number of urea groups is 1. The van der Waals surface area contributed by atoms with Crippen LogP contribution in [0, 0.1) is 23.1 Å². The highest BCUT2D eigenvalue weighted by molar-refractivity contribution is 6.31. The van der Waals surface area contributed by atoms with Gasteiger partial charge in [-0.1, -0.05) is 17.7 Å². The van der Waals surface area contributed by atoms with Gasteiger partial charge < -0.3 is 10.2 Å². The molecular formula is C13H13ClFN3O. The molecule has 0 bridgehead atoms. The van der Waals surface area contributed by atoms with Crippen molar-refractivity contribution in [2.45, 2.75) is 12.8 Å². The summed E-state index contributed by atoms with van der Waals surface area (Å²) in [6, 6.07) is 6.18. The van der Waals surface area contributed by atoms with Crippen molar-refractivity contribution >= 4 is 23.3 Å². The maximum Gasteiger partial charge on any atom is 0.321 e. The van der Waals surface area contributed by atoms with Gasteiger partial charge in [-0.25, -0.2) is 9.18 Å². The van der Waals surface area contributed by atoms with E-state index in [1.165, 1.54) is 17.0 Å². The summed E-state index contributed by atoms with van der Waals surface area (Å²) >= 11 is 5.65. The van der Waals surface area contributed by atoms with Crippen molar-refractivity contribution in [3.05, 3.63) is 29.0 Å². The number of hydrogen-bond acceptors (Lipinski definition) is 2. The molecular weight excluding hydrogens is 269 g/mol. The van der Waals surface area contributed by atoms with Crippen molar-refractivity contribution in [2.24, 2.45) is 5.92 Å². The second-order valence-corrected chi connectivity index (χ2v) is 4.85. The van der Waals surface area contributed by atoms with E-state index in [2.05, 4.69) is 11.4 Å². The predicted molar refractivity (Wildman–Crippen MR) is 70.3 cm³/mol. The van der Waals surface area contributed by atoms with E-state index in [9.17, 15) is 9.18 Å². The summed E-state index contributed by atoms with van der Waals surface area (Å²) in [5.74, 6) is -0.796. The smallest absolute Gasteiger partial charge is 0.321 e. The summed E-state index contributed by atoms with van der Waals surface area (Å²) in [4.78, 5) is 13.5. The number of nitrogens with one attached hydrogen (secondary N) is 1. The van der Waals surface area contributed by atoms with Crippen LogP contribution >= 0.6 is 11.6 Å². The Balaban J connectivity index is 2.05. The zero-order valence-corrected chi connectivity index (χ0v) is 11.0. The lowest BCUT2D eigenvalue weighted by molar-refractivity contribution is 0.189. The Bertz CT molecular complexity index is 529. The van der Waals surface area contributed by atoms with Crippen LogP contribution in [0.2, 0.25) is 5.02 Å². The van der Waals surface area contributed by atoms with Gasteiger partial charge in [-0.05, 0) is 25.0 Å². The Morgan fingerprint density at radius 1 is 1.58 bits per heavy atom. The van der Waals surface area contributed by atoms with Crippen LogP contribution in [0.5, 0.6) is 0 Å². The van der Waals surface area contributed by atoms with Crippen molar-refractivity contribution in [3.63, 3.8) is 0 Å². The number of carbonyl (C=O) groups is 1. The first-order chi connectivity index (χ1) is 9.11. The fourth-order valence-electron chi connectivity index (χ4n) is 2.06. The van der Waals surface area contributed by atoms with Gasteiger partial charge in [0.1, 0.15) is 0 Å². The average Bonchev–Trinajstić information content (AvgIpc) is 2.44. The molecule has 0 aliphatic carbocycles. The maximum atomic E-state index is 13.7. The van der Waals surface area contributed by atoms with Crippen molar-refractivity contribution < 1.29 is 9.18 Å². The summed E-state index contributed by atoms with van der Waals surface area (Å²) in [6.07, 6.45) is 1.58. The second-order valence-electron chi connectivity index (χ2n) is 4.45. The van der Waals surface area contributed by atoms with Crippen LogP contribution in [0.4, 0.5) is 14.9 Å². The van der Waals surface area contributed by atoms with E-state index in [1.807, 2.05) is 0 Å². The number of amides is 2. The van der Waals surface area contributed by atoms with Gasteiger partial charge in [0.25, 0.3) is 0 Å². The first-order valence-corrected chi connectivity index (χ1v) is 6.39. The van der Waals surface area contributed by atoms with Gasteiger partial charge in [0.2, 0.25) is 0 Å². The lowest BCUT2D eigenvalue weighted by Gasteiger charge is -2.29. The zero-order chi connectivity index (χ0) is 13.8. The van der Waals surface area contributed by atoms with E-state index in [4.69, 9.17) is 16.9 Å². The molecule has 2 amide bonds. The minimum Gasteiger partial charge on any atom is -0.323 e. The first kappa shape index (κ1) is 13.6. The molecule has 1 heterocycles. The molecule has 1 fully saturated rings. The highest BCUT2D eigenvalue weighted by Gasteiger charge is 2.24. The van der Waals surface area contributed by atoms with E-state index in [0.29, 0.717) is 13.1 Å². The minimum atomic E-state index is -0.647. The quantitative estimate of drug-likeness (QED) is 0.859. The largest absolute Gasteiger partial charge is 0.323 e. The molecule has 1 aliphatic heterocycles. The minimum absolute atomic E-state index is 0.0358. The van der Waals surface area contributed by atoms with Gasteiger partial charge >= 0.3 is 6.03 Å². The summed E-state index contributed by atoms with van der Waals surface area (Å²) in [5, 5.41) is 11.3. The summed E-state index contributed by atoms with van der Waals surface area (Å²) in [5.41, 5.74) is 0.0524. The molecule has 0 radical (unpaired) electrons. The van der Waals surface area contributed by atoms with Crippen LogP contribution in [0.15, 0.2) is 18.2 Å². The predicted octanol–water partition coefficient (Wildman–Crippen LogP) is 3.25. The molecule has 0 spiro atoms. The van der Waals surface area contributed by atoms with Crippen molar-refractivity contribution in [2.75, 3.05) is 18.4 Å². The molecule has 100 valence electrons. The number of nitrogens with zero attached hydrogens (tertiary/aromatic N) is 2. The monoisotopic (exact) mass is 281 g/mol. The number of anilines is 1. The third-order valence-electron chi connectivity index (χ3n) is 3.08. The van der Waals surface area contributed by atoms with Gasteiger partial charge in [0, 0.05) is 13.1 Å². The summed E-state index contributed by atoms with van der Waals surface area (Å²) < 4.78 is 13.7. The van der Waals surface area contributed by atoms with Crippen LogP contribution in [-0.2, 0) is 0 Å². The number of carbonyl (C=O) groups excluding carboxylic acids is 1. The number of benzene rings is 1. The lowest BCUT2D eigenvalue weighted by Crippen LogP contribution is -2.42. The van der Waals surface area contributed by atoms with Crippen LogP contribution in [0.25, 0.3) is 0 Å². The van der Waals surface area contributed by atoms with Gasteiger partial charge in [0.15, 0.2) is 5.82 Å². The fraction of sp³-hybridized carbons (Fsp3) is 0.385. The maximum absolute atomic E-state index is 13.7. The van der Waals surface area contributed by atoms with Crippen molar-refractivity contribution in [3.8, 4) is 6.07 Å². The third-order valence-corrected chi connectivity index (χ3v) is 3.38. The molecule has 0 unspecified atom stereocenters. The van der Waals surface area contributed by atoms with Crippen LogP contribution in [0.3, 0.4) is 0 Å². The van der Waals surface area contributed by atoms with Crippen LogP contribution in [0.1, 0.15) is 12.8 Å². The fourth-order valence-corrected chi connectivity index (χ4v) is 2.24.